The molecule has 35 heavy (non-hydrogen) atoms. The third-order valence-corrected chi connectivity index (χ3v) is 7.32. The molecule has 2 aromatic carbocycles. The van der Waals surface area contributed by atoms with Crippen LogP contribution in [0.2, 0.25) is 0 Å². The summed E-state index contributed by atoms with van der Waals surface area (Å²) in [6.07, 6.45) is 0.0601. The molecule has 0 bridgehead atoms. The van der Waals surface area contributed by atoms with Gasteiger partial charge in [0, 0.05) is 57.8 Å². The number of nitrogens with zero attached hydrogens (tertiary/aromatic N) is 4. The van der Waals surface area contributed by atoms with Gasteiger partial charge in [0.1, 0.15) is 0 Å². The van der Waals surface area contributed by atoms with E-state index in [1.54, 1.807) is 0 Å². The summed E-state index contributed by atoms with van der Waals surface area (Å²) in [5.41, 5.74) is 2.96. The first-order chi connectivity index (χ1) is 16.7. The number of hydrogen-bond acceptors (Lipinski definition) is 5. The van der Waals surface area contributed by atoms with Crippen LogP contribution in [0.25, 0.3) is 0 Å². The standard InChI is InChI=1S/C28H36N4O3/c1-21-9-11-23(12-10-21)30-14-16-31(17-15-30)25(33)19-28(24-8-6-5-7-22(24)2)20-26(34)32(27(28)35)18-13-29(3)4/h5-12H,13-20H2,1-4H3. The Hall–Kier alpha value is -3.19. The number of hydrogen-bond donors (Lipinski definition) is 0. The molecule has 2 aliphatic rings. The fraction of sp³-hybridized carbons (Fsp3) is 0.464. The second-order valence-electron chi connectivity index (χ2n) is 10.1. The van der Waals surface area contributed by atoms with Gasteiger partial charge in [-0.25, -0.2) is 0 Å². The molecule has 0 radical (unpaired) electrons. The molecule has 1 unspecified atom stereocenters. The maximum atomic E-state index is 13.8. The summed E-state index contributed by atoms with van der Waals surface area (Å²) in [7, 11) is 3.83. The van der Waals surface area contributed by atoms with Crippen LogP contribution in [0.5, 0.6) is 0 Å². The van der Waals surface area contributed by atoms with Gasteiger partial charge in [-0.05, 0) is 51.2 Å². The molecule has 7 heteroatoms. The van der Waals surface area contributed by atoms with Crippen LogP contribution >= 0.6 is 0 Å². The van der Waals surface area contributed by atoms with E-state index in [-0.39, 0.29) is 30.6 Å². The topological polar surface area (TPSA) is 64.2 Å². The molecule has 2 fully saturated rings. The molecule has 2 saturated heterocycles. The highest BCUT2D eigenvalue weighted by Crippen LogP contribution is 2.41. The van der Waals surface area contributed by atoms with E-state index in [4.69, 9.17) is 0 Å². The number of likely N-dealkylation sites (N-methyl/N-ethyl adjacent to an activating group) is 1. The molecule has 4 rings (SSSR count). The summed E-state index contributed by atoms with van der Waals surface area (Å²) in [5.74, 6) is -0.505. The molecule has 2 aliphatic heterocycles. The second kappa shape index (κ2) is 10.2. The van der Waals surface area contributed by atoms with Gasteiger partial charge in [0.2, 0.25) is 17.7 Å². The van der Waals surface area contributed by atoms with Crippen LogP contribution in [-0.4, -0.2) is 85.8 Å². The molecular weight excluding hydrogens is 440 g/mol. The van der Waals surface area contributed by atoms with E-state index in [0.29, 0.717) is 26.2 Å². The highest BCUT2D eigenvalue weighted by atomic mass is 16.2. The Bertz CT molecular complexity index is 1090. The molecule has 0 spiro atoms. The van der Waals surface area contributed by atoms with Gasteiger partial charge in [0.05, 0.1) is 5.41 Å². The SMILES string of the molecule is Cc1ccc(N2CCN(C(=O)CC3(c4ccccc4C)CC(=O)N(CCN(C)C)C3=O)CC2)cc1. The number of aryl methyl sites for hydroxylation is 2. The van der Waals surface area contributed by atoms with Gasteiger partial charge in [0.15, 0.2) is 0 Å². The van der Waals surface area contributed by atoms with Crippen molar-refractivity contribution in [2.45, 2.75) is 32.1 Å². The fourth-order valence-electron chi connectivity index (χ4n) is 5.22. The zero-order chi connectivity index (χ0) is 25.2. The van der Waals surface area contributed by atoms with Crippen LogP contribution in [0.15, 0.2) is 48.5 Å². The average Bonchev–Trinajstić information content (AvgIpc) is 3.07. The zero-order valence-electron chi connectivity index (χ0n) is 21.3. The van der Waals surface area contributed by atoms with Crippen LogP contribution < -0.4 is 4.90 Å². The Kier molecular flexibility index (Phi) is 7.26. The predicted molar refractivity (Wildman–Crippen MR) is 137 cm³/mol. The number of amides is 3. The largest absolute Gasteiger partial charge is 0.368 e. The lowest BCUT2D eigenvalue weighted by atomic mass is 9.74. The molecule has 0 saturated carbocycles. The lowest BCUT2D eigenvalue weighted by molar-refractivity contribution is -0.143. The summed E-state index contributed by atoms with van der Waals surface area (Å²) in [6.45, 7) is 7.63. The van der Waals surface area contributed by atoms with Crippen molar-refractivity contribution in [2.75, 3.05) is 58.3 Å². The van der Waals surface area contributed by atoms with E-state index < -0.39 is 5.41 Å². The van der Waals surface area contributed by atoms with Gasteiger partial charge in [-0.1, -0.05) is 42.0 Å². The quantitative estimate of drug-likeness (QED) is 0.575. The van der Waals surface area contributed by atoms with Crippen molar-refractivity contribution in [3.63, 3.8) is 0 Å². The minimum Gasteiger partial charge on any atom is -0.368 e. The second-order valence-corrected chi connectivity index (χ2v) is 10.1. The van der Waals surface area contributed by atoms with E-state index in [9.17, 15) is 14.4 Å². The predicted octanol–water partition coefficient (Wildman–Crippen LogP) is 2.60. The molecule has 7 nitrogen and oxygen atoms in total. The van der Waals surface area contributed by atoms with E-state index in [0.717, 1.165) is 29.9 Å². The van der Waals surface area contributed by atoms with Crippen LogP contribution in [-0.2, 0) is 19.8 Å². The maximum absolute atomic E-state index is 13.8. The number of piperazine rings is 1. The van der Waals surface area contributed by atoms with Crippen molar-refractivity contribution in [1.29, 1.82) is 0 Å². The van der Waals surface area contributed by atoms with E-state index >= 15 is 0 Å². The normalized spacial score (nSPS) is 20.8. The summed E-state index contributed by atoms with van der Waals surface area (Å²) in [6, 6.07) is 16.1. The minimum absolute atomic E-state index is 0.0193. The van der Waals surface area contributed by atoms with E-state index in [1.165, 1.54) is 10.5 Å². The Labute approximate surface area is 208 Å². The number of imide groups is 1. The number of rotatable bonds is 7. The molecule has 0 aromatic heterocycles. The smallest absolute Gasteiger partial charge is 0.240 e. The Balaban J connectivity index is 1.53. The molecule has 186 valence electrons. The van der Waals surface area contributed by atoms with Gasteiger partial charge < -0.3 is 14.7 Å². The third kappa shape index (κ3) is 5.10. The fourth-order valence-corrected chi connectivity index (χ4v) is 5.22. The summed E-state index contributed by atoms with van der Waals surface area (Å²) in [5, 5.41) is 0. The number of likely N-dealkylation sites (tertiary alicyclic amines) is 1. The molecule has 1 atom stereocenters. The maximum Gasteiger partial charge on any atom is 0.240 e. The van der Waals surface area contributed by atoms with Crippen molar-refractivity contribution in [3.8, 4) is 0 Å². The molecular formula is C28H36N4O3. The monoisotopic (exact) mass is 476 g/mol. The van der Waals surface area contributed by atoms with Gasteiger partial charge in [-0.15, -0.1) is 0 Å². The van der Waals surface area contributed by atoms with Gasteiger partial charge in [0.25, 0.3) is 0 Å². The van der Waals surface area contributed by atoms with E-state index in [2.05, 4.69) is 36.1 Å². The van der Waals surface area contributed by atoms with Gasteiger partial charge in [-0.3, -0.25) is 19.3 Å². The van der Waals surface area contributed by atoms with Crippen LogP contribution in [0, 0.1) is 13.8 Å². The van der Waals surface area contributed by atoms with Gasteiger partial charge in [-0.2, -0.15) is 0 Å². The minimum atomic E-state index is -1.14. The molecule has 3 amide bonds. The van der Waals surface area contributed by atoms with Crippen molar-refractivity contribution in [3.05, 3.63) is 65.2 Å². The Morgan fingerprint density at radius 2 is 1.60 bits per heavy atom. The number of anilines is 1. The van der Waals surface area contributed by atoms with Crippen LogP contribution in [0.3, 0.4) is 0 Å². The first kappa shape index (κ1) is 24.9. The summed E-state index contributed by atoms with van der Waals surface area (Å²) < 4.78 is 0. The highest BCUT2D eigenvalue weighted by Gasteiger charge is 2.54. The number of benzene rings is 2. The Morgan fingerprint density at radius 3 is 2.23 bits per heavy atom. The summed E-state index contributed by atoms with van der Waals surface area (Å²) >= 11 is 0. The molecule has 0 N–H and O–H groups in total. The summed E-state index contributed by atoms with van der Waals surface area (Å²) in [4.78, 5) is 47.8. The number of carbonyl (C=O) groups excluding carboxylic acids is 3. The van der Waals surface area contributed by atoms with Crippen molar-refractivity contribution in [1.82, 2.24) is 14.7 Å². The third-order valence-electron chi connectivity index (χ3n) is 7.32. The zero-order valence-corrected chi connectivity index (χ0v) is 21.3. The lowest BCUT2D eigenvalue weighted by Crippen LogP contribution is -2.51. The van der Waals surface area contributed by atoms with E-state index in [1.807, 2.05) is 55.1 Å². The molecule has 2 aromatic rings. The average molecular weight is 477 g/mol. The van der Waals surface area contributed by atoms with Crippen LogP contribution in [0.1, 0.15) is 29.5 Å². The van der Waals surface area contributed by atoms with Crippen LogP contribution in [0.4, 0.5) is 5.69 Å². The molecule has 0 aliphatic carbocycles. The molecule has 2 heterocycles. The first-order valence-electron chi connectivity index (χ1n) is 12.4. The first-order valence-corrected chi connectivity index (χ1v) is 12.4. The number of carbonyl (C=O) groups is 3. The Morgan fingerprint density at radius 1 is 0.943 bits per heavy atom. The lowest BCUT2D eigenvalue weighted by Gasteiger charge is -2.38. The highest BCUT2D eigenvalue weighted by molar-refractivity contribution is 6.11. The van der Waals surface area contributed by atoms with Crippen molar-refractivity contribution < 1.29 is 14.4 Å². The van der Waals surface area contributed by atoms with Crippen molar-refractivity contribution >= 4 is 23.4 Å². The van der Waals surface area contributed by atoms with Gasteiger partial charge >= 0.3 is 0 Å². The van der Waals surface area contributed by atoms with Crippen molar-refractivity contribution in [2.24, 2.45) is 0 Å².